The Bertz CT molecular complexity index is 812. The van der Waals surface area contributed by atoms with Crippen LogP contribution in [0.1, 0.15) is 17.5 Å². The van der Waals surface area contributed by atoms with Gasteiger partial charge in [-0.15, -0.1) is 6.58 Å². The van der Waals surface area contributed by atoms with Crippen LogP contribution in [0.5, 0.6) is 0 Å². The van der Waals surface area contributed by atoms with Crippen LogP contribution in [0.3, 0.4) is 0 Å². The largest absolute Gasteiger partial charge is 0.389 e. The molecule has 5 nitrogen and oxygen atoms in total. The van der Waals surface area contributed by atoms with Crippen LogP contribution in [0.2, 0.25) is 0 Å². The lowest BCUT2D eigenvalue weighted by Crippen LogP contribution is -2.13. The van der Waals surface area contributed by atoms with Gasteiger partial charge in [-0.05, 0) is 24.6 Å². The summed E-state index contributed by atoms with van der Waals surface area (Å²) in [6, 6.07) is 15.2. The lowest BCUT2D eigenvalue weighted by Gasteiger charge is -2.09. The highest BCUT2D eigenvalue weighted by Crippen LogP contribution is 2.15. The van der Waals surface area contributed by atoms with Gasteiger partial charge in [0.1, 0.15) is 4.90 Å². The van der Waals surface area contributed by atoms with Crippen molar-refractivity contribution in [2.45, 2.75) is 24.3 Å². The van der Waals surface area contributed by atoms with Crippen LogP contribution >= 0.6 is 0 Å². The number of hydrogen-bond donors (Lipinski definition) is 1. The summed E-state index contributed by atoms with van der Waals surface area (Å²) in [5.41, 5.74) is 1.92. The molecular weight excluding hydrogens is 326 g/mol. The summed E-state index contributed by atoms with van der Waals surface area (Å²) < 4.78 is 29.3. The average molecular weight is 345 g/mol. The first kappa shape index (κ1) is 17.9. The predicted molar refractivity (Wildman–Crippen MR) is 93.2 cm³/mol. The Morgan fingerprint density at radius 1 is 1.21 bits per heavy atom. The van der Waals surface area contributed by atoms with E-state index in [1.54, 1.807) is 36.4 Å². The molecule has 2 rings (SSSR count). The molecule has 0 aliphatic carbocycles. The van der Waals surface area contributed by atoms with Crippen LogP contribution in [0.25, 0.3) is 0 Å². The average Bonchev–Trinajstić information content (AvgIpc) is 2.59. The van der Waals surface area contributed by atoms with E-state index in [-0.39, 0.29) is 11.3 Å². The van der Waals surface area contributed by atoms with E-state index in [2.05, 4.69) is 11.7 Å². The maximum Gasteiger partial charge on any atom is 0.358 e. The predicted octanol–water partition coefficient (Wildman–Crippen LogP) is 3.04. The standard InChI is InChI=1S/C18H19NO4S/c1-3-16(20)13-18(15-7-5-4-6-8-15)19-23-24(21,22)17-11-9-14(2)10-12-17/h3-12,16,20H,1,13H2,2H3. The fraction of sp³-hybridized carbons (Fsp3) is 0.167. The Morgan fingerprint density at radius 2 is 1.83 bits per heavy atom. The molecule has 2 aromatic rings. The second-order valence-corrected chi connectivity index (χ2v) is 6.78. The highest BCUT2D eigenvalue weighted by molar-refractivity contribution is 7.86. The van der Waals surface area contributed by atoms with Crippen LogP contribution < -0.4 is 0 Å². The molecule has 0 amide bonds. The molecule has 24 heavy (non-hydrogen) atoms. The van der Waals surface area contributed by atoms with E-state index < -0.39 is 16.2 Å². The number of aliphatic hydroxyl groups excluding tert-OH is 1. The summed E-state index contributed by atoms with van der Waals surface area (Å²) in [5.74, 6) is 0. The van der Waals surface area contributed by atoms with Crippen molar-refractivity contribution in [3.63, 3.8) is 0 Å². The highest BCUT2D eigenvalue weighted by atomic mass is 32.2. The molecule has 0 aromatic heterocycles. The molecule has 0 aliphatic heterocycles. The maximum atomic E-state index is 12.2. The molecule has 0 saturated carbocycles. The topological polar surface area (TPSA) is 76.0 Å². The lowest BCUT2D eigenvalue weighted by molar-refractivity contribution is 0.230. The van der Waals surface area contributed by atoms with Gasteiger partial charge in [0.15, 0.2) is 0 Å². The third kappa shape index (κ3) is 4.78. The molecule has 1 unspecified atom stereocenters. The highest BCUT2D eigenvalue weighted by Gasteiger charge is 2.17. The van der Waals surface area contributed by atoms with Crippen molar-refractivity contribution in [3.05, 3.63) is 78.4 Å². The van der Waals surface area contributed by atoms with Crippen LogP contribution in [0.4, 0.5) is 0 Å². The van der Waals surface area contributed by atoms with E-state index in [1.165, 1.54) is 18.2 Å². The zero-order valence-electron chi connectivity index (χ0n) is 13.3. The normalized spacial score (nSPS) is 13.3. The number of oxime groups is 1. The number of rotatable bonds is 7. The van der Waals surface area contributed by atoms with E-state index in [0.29, 0.717) is 11.3 Å². The van der Waals surface area contributed by atoms with Crippen LogP contribution in [-0.4, -0.2) is 25.3 Å². The zero-order valence-corrected chi connectivity index (χ0v) is 14.1. The molecule has 0 heterocycles. The zero-order chi connectivity index (χ0) is 17.6. The SMILES string of the molecule is C=CC(O)CC(=NOS(=O)(=O)c1ccc(C)cc1)c1ccccc1. The molecule has 6 heteroatoms. The van der Waals surface area contributed by atoms with Gasteiger partial charge in [-0.3, -0.25) is 4.28 Å². The maximum absolute atomic E-state index is 12.2. The van der Waals surface area contributed by atoms with Crippen molar-refractivity contribution in [2.75, 3.05) is 0 Å². The molecule has 0 spiro atoms. The number of aryl methyl sites for hydroxylation is 1. The number of benzene rings is 2. The Labute approximate surface area is 142 Å². The van der Waals surface area contributed by atoms with Crippen LogP contribution in [-0.2, 0) is 14.4 Å². The molecule has 0 radical (unpaired) electrons. The summed E-state index contributed by atoms with van der Waals surface area (Å²) in [5, 5.41) is 13.5. The second-order valence-electron chi connectivity index (χ2n) is 5.25. The van der Waals surface area contributed by atoms with Crippen LogP contribution in [0, 0.1) is 6.92 Å². The molecule has 2 aromatic carbocycles. The Morgan fingerprint density at radius 3 is 2.42 bits per heavy atom. The molecule has 1 N–H and O–H groups in total. The van der Waals surface area contributed by atoms with Gasteiger partial charge >= 0.3 is 10.1 Å². The van der Waals surface area contributed by atoms with Gasteiger partial charge in [-0.2, -0.15) is 8.42 Å². The minimum Gasteiger partial charge on any atom is -0.389 e. The van der Waals surface area contributed by atoms with Crippen molar-refractivity contribution >= 4 is 15.8 Å². The van der Waals surface area contributed by atoms with E-state index >= 15 is 0 Å². The molecular formula is C18H19NO4S. The van der Waals surface area contributed by atoms with Gasteiger partial charge in [0.2, 0.25) is 0 Å². The van der Waals surface area contributed by atoms with Crippen molar-refractivity contribution in [2.24, 2.45) is 5.16 Å². The Hall–Kier alpha value is -2.44. The van der Waals surface area contributed by atoms with Gasteiger partial charge in [-0.1, -0.05) is 59.3 Å². The summed E-state index contributed by atoms with van der Waals surface area (Å²) >= 11 is 0. The van der Waals surface area contributed by atoms with Crippen molar-refractivity contribution < 1.29 is 17.8 Å². The third-order valence-corrected chi connectivity index (χ3v) is 4.46. The second kappa shape index (κ2) is 7.90. The smallest absolute Gasteiger partial charge is 0.358 e. The third-order valence-electron chi connectivity index (χ3n) is 3.34. The van der Waals surface area contributed by atoms with E-state index in [1.807, 2.05) is 13.0 Å². The fourth-order valence-corrected chi connectivity index (χ4v) is 2.71. The first-order valence-corrected chi connectivity index (χ1v) is 8.76. The first-order chi connectivity index (χ1) is 11.4. The Balaban J connectivity index is 2.29. The van der Waals surface area contributed by atoms with Crippen molar-refractivity contribution in [1.82, 2.24) is 0 Å². The molecule has 0 bridgehead atoms. The van der Waals surface area contributed by atoms with Crippen molar-refractivity contribution in [3.8, 4) is 0 Å². The number of aliphatic hydroxyl groups is 1. The first-order valence-electron chi connectivity index (χ1n) is 7.35. The van der Waals surface area contributed by atoms with E-state index in [4.69, 9.17) is 4.28 Å². The van der Waals surface area contributed by atoms with E-state index in [0.717, 1.165) is 5.56 Å². The van der Waals surface area contributed by atoms with E-state index in [9.17, 15) is 13.5 Å². The monoisotopic (exact) mass is 345 g/mol. The van der Waals surface area contributed by atoms with Gasteiger partial charge in [0, 0.05) is 6.42 Å². The molecule has 0 aliphatic rings. The van der Waals surface area contributed by atoms with Gasteiger partial charge in [-0.25, -0.2) is 0 Å². The molecule has 0 saturated heterocycles. The quantitative estimate of drug-likeness (QED) is 0.475. The minimum absolute atomic E-state index is 0.0218. The molecule has 0 fully saturated rings. The number of nitrogens with zero attached hydrogens (tertiary/aromatic N) is 1. The summed E-state index contributed by atoms with van der Waals surface area (Å²) in [6.07, 6.45) is 0.596. The van der Waals surface area contributed by atoms with Gasteiger partial charge < -0.3 is 5.11 Å². The summed E-state index contributed by atoms with van der Waals surface area (Å²) in [7, 11) is -4.02. The van der Waals surface area contributed by atoms with Gasteiger partial charge in [0.05, 0.1) is 11.8 Å². The molecule has 126 valence electrons. The van der Waals surface area contributed by atoms with Crippen LogP contribution in [0.15, 0.2) is 77.3 Å². The van der Waals surface area contributed by atoms with Crippen molar-refractivity contribution in [1.29, 1.82) is 0 Å². The Kier molecular flexibility index (Phi) is 5.89. The van der Waals surface area contributed by atoms with Gasteiger partial charge in [0.25, 0.3) is 0 Å². The summed E-state index contributed by atoms with van der Waals surface area (Å²) in [6.45, 7) is 5.37. The number of hydrogen-bond acceptors (Lipinski definition) is 5. The fourth-order valence-electron chi connectivity index (χ4n) is 1.96. The summed E-state index contributed by atoms with van der Waals surface area (Å²) in [4.78, 5) is 0.0218. The lowest BCUT2D eigenvalue weighted by atomic mass is 10.0. The minimum atomic E-state index is -4.02. The molecule has 1 atom stereocenters.